The van der Waals surface area contributed by atoms with Crippen molar-refractivity contribution in [1.82, 2.24) is 5.32 Å². The van der Waals surface area contributed by atoms with Gasteiger partial charge in [0.1, 0.15) is 11.4 Å². The van der Waals surface area contributed by atoms with Crippen LogP contribution in [0, 0.1) is 23.0 Å². The zero-order valence-corrected chi connectivity index (χ0v) is 17.0. The van der Waals surface area contributed by atoms with Gasteiger partial charge in [0.05, 0.1) is 17.3 Å². The number of carbonyl (C=O) groups excluding carboxylic acids is 1. The first-order valence-electron chi connectivity index (χ1n) is 8.93. The minimum atomic E-state index is -5.07. The van der Waals surface area contributed by atoms with E-state index in [0.717, 1.165) is 18.2 Å². The van der Waals surface area contributed by atoms with E-state index in [0.29, 0.717) is 18.4 Å². The number of aryl methyl sites for hydroxylation is 1. The lowest BCUT2D eigenvalue weighted by Gasteiger charge is -2.16. The Morgan fingerprint density at radius 2 is 1.87 bits per heavy atom. The summed E-state index contributed by atoms with van der Waals surface area (Å²) in [6.45, 7) is 0. The Morgan fingerprint density at radius 3 is 2.45 bits per heavy atom. The second-order valence-corrected chi connectivity index (χ2v) is 6.78. The molecular weight excluding hydrogens is 439 g/mol. The largest absolute Gasteiger partial charge is 0.420 e. The van der Waals surface area contributed by atoms with Gasteiger partial charge in [-0.15, -0.1) is 0 Å². The summed E-state index contributed by atoms with van der Waals surface area (Å²) >= 11 is 4.96. The van der Waals surface area contributed by atoms with Crippen LogP contribution in [-0.4, -0.2) is 18.1 Å². The number of nitriles is 1. The van der Waals surface area contributed by atoms with Crippen molar-refractivity contribution < 1.29 is 26.7 Å². The number of benzene rings is 2. The maximum Gasteiger partial charge on any atom is 0.420 e. The number of anilines is 2. The van der Waals surface area contributed by atoms with Gasteiger partial charge in [-0.3, -0.25) is 4.79 Å². The molecule has 164 valence electrons. The summed E-state index contributed by atoms with van der Waals surface area (Å²) in [5.41, 5.74) is -2.58. The van der Waals surface area contributed by atoms with Crippen molar-refractivity contribution in [3.8, 4) is 6.07 Å². The average Bonchev–Trinajstić information content (AvgIpc) is 2.69. The third-order valence-corrected chi connectivity index (χ3v) is 4.44. The van der Waals surface area contributed by atoms with E-state index < -0.39 is 34.6 Å². The number of carbonyl (C=O) groups is 1. The number of hydrogen-bond acceptors (Lipinski definition) is 3. The molecule has 2 rings (SSSR count). The van der Waals surface area contributed by atoms with Crippen LogP contribution in [-0.2, 0) is 17.4 Å². The molecule has 0 aliphatic heterocycles. The maximum atomic E-state index is 14.3. The third kappa shape index (κ3) is 6.36. The topological polar surface area (TPSA) is 77.0 Å². The number of hydrogen-bond donors (Lipinski definition) is 3. The highest BCUT2D eigenvalue weighted by atomic mass is 32.1. The van der Waals surface area contributed by atoms with Gasteiger partial charge in [-0.2, -0.15) is 18.4 Å². The van der Waals surface area contributed by atoms with Crippen molar-refractivity contribution >= 4 is 34.6 Å². The van der Waals surface area contributed by atoms with Crippen molar-refractivity contribution in [2.45, 2.75) is 25.4 Å². The van der Waals surface area contributed by atoms with Gasteiger partial charge < -0.3 is 16.0 Å². The van der Waals surface area contributed by atoms with Crippen LogP contribution in [0.25, 0.3) is 0 Å². The highest BCUT2D eigenvalue weighted by Gasteiger charge is 2.38. The molecule has 3 N–H and O–H groups in total. The number of amides is 1. The lowest BCUT2D eigenvalue weighted by atomic mass is 10.1. The molecule has 5 nitrogen and oxygen atoms in total. The van der Waals surface area contributed by atoms with E-state index in [1.165, 1.54) is 25.2 Å². The SMILES string of the molecule is CNC(=O)CCCc1ccc(NC(=S)Nc2ccc(C#N)c(C(F)(F)F)c2F)cc1F. The van der Waals surface area contributed by atoms with Gasteiger partial charge in [0.2, 0.25) is 5.91 Å². The predicted octanol–water partition coefficient (Wildman–Crippen LogP) is 4.73. The summed E-state index contributed by atoms with van der Waals surface area (Å²) in [4.78, 5) is 11.2. The van der Waals surface area contributed by atoms with E-state index in [9.17, 15) is 26.7 Å². The lowest BCUT2D eigenvalue weighted by Crippen LogP contribution is -2.21. The average molecular weight is 456 g/mol. The number of halogens is 5. The summed E-state index contributed by atoms with van der Waals surface area (Å²) in [5.74, 6) is -2.39. The van der Waals surface area contributed by atoms with Gasteiger partial charge in [0, 0.05) is 19.2 Å². The Kier molecular flexibility index (Phi) is 7.88. The molecule has 0 saturated heterocycles. The summed E-state index contributed by atoms with van der Waals surface area (Å²) in [5, 5.41) is 15.8. The van der Waals surface area contributed by atoms with Crippen molar-refractivity contribution in [2.24, 2.45) is 0 Å². The van der Waals surface area contributed by atoms with E-state index in [-0.39, 0.29) is 23.1 Å². The smallest absolute Gasteiger partial charge is 0.359 e. The molecule has 0 saturated carbocycles. The van der Waals surface area contributed by atoms with Crippen LogP contribution in [0.1, 0.15) is 29.5 Å². The number of nitrogens with zero attached hydrogens (tertiary/aromatic N) is 1. The van der Waals surface area contributed by atoms with Gasteiger partial charge in [-0.1, -0.05) is 6.07 Å². The zero-order chi connectivity index (χ0) is 23.2. The van der Waals surface area contributed by atoms with E-state index >= 15 is 0 Å². The van der Waals surface area contributed by atoms with Gasteiger partial charge in [0.25, 0.3) is 0 Å². The summed E-state index contributed by atoms with van der Waals surface area (Å²) in [6.07, 6.45) is -4.04. The maximum absolute atomic E-state index is 14.3. The van der Waals surface area contributed by atoms with Gasteiger partial charge >= 0.3 is 6.18 Å². The normalized spacial score (nSPS) is 10.9. The fourth-order valence-electron chi connectivity index (χ4n) is 2.72. The number of alkyl halides is 3. The third-order valence-electron chi connectivity index (χ3n) is 4.23. The minimum absolute atomic E-state index is 0.154. The van der Waals surface area contributed by atoms with Crippen molar-refractivity contribution in [3.63, 3.8) is 0 Å². The van der Waals surface area contributed by atoms with Crippen LogP contribution in [0.3, 0.4) is 0 Å². The first-order chi connectivity index (χ1) is 14.6. The Bertz CT molecular complexity index is 1030. The van der Waals surface area contributed by atoms with Crippen molar-refractivity contribution in [2.75, 3.05) is 17.7 Å². The van der Waals surface area contributed by atoms with Gasteiger partial charge in [-0.05, 0) is 54.9 Å². The molecule has 0 aromatic heterocycles. The molecule has 0 unspecified atom stereocenters. The van der Waals surface area contributed by atoms with Gasteiger partial charge in [0.15, 0.2) is 10.9 Å². The molecule has 0 radical (unpaired) electrons. The summed E-state index contributed by atoms with van der Waals surface area (Å²) in [6, 6.07) is 7.17. The summed E-state index contributed by atoms with van der Waals surface area (Å²) in [7, 11) is 1.51. The predicted molar refractivity (Wildman–Crippen MR) is 109 cm³/mol. The highest BCUT2D eigenvalue weighted by Crippen LogP contribution is 2.36. The van der Waals surface area contributed by atoms with Crippen LogP contribution < -0.4 is 16.0 Å². The molecule has 0 atom stereocenters. The minimum Gasteiger partial charge on any atom is -0.359 e. The molecule has 1 amide bonds. The molecule has 0 heterocycles. The molecule has 0 bridgehead atoms. The Hall–Kier alpha value is -3.26. The fraction of sp³-hybridized carbons (Fsp3) is 0.250. The van der Waals surface area contributed by atoms with Crippen LogP contribution in [0.15, 0.2) is 30.3 Å². The fourth-order valence-corrected chi connectivity index (χ4v) is 2.95. The highest BCUT2D eigenvalue weighted by molar-refractivity contribution is 7.80. The summed E-state index contributed by atoms with van der Waals surface area (Å²) < 4.78 is 67.8. The second-order valence-electron chi connectivity index (χ2n) is 6.37. The van der Waals surface area contributed by atoms with Crippen LogP contribution >= 0.6 is 12.2 Å². The first kappa shape index (κ1) is 24.0. The van der Waals surface area contributed by atoms with E-state index in [2.05, 4.69) is 16.0 Å². The van der Waals surface area contributed by atoms with Crippen molar-refractivity contribution in [1.29, 1.82) is 5.26 Å². The Labute approximate surface area is 180 Å². The van der Waals surface area contributed by atoms with E-state index in [1.54, 1.807) is 0 Å². The van der Waals surface area contributed by atoms with Crippen LogP contribution in [0.5, 0.6) is 0 Å². The molecule has 2 aromatic rings. The molecule has 2 aromatic carbocycles. The number of rotatable bonds is 6. The molecule has 0 fully saturated rings. The van der Waals surface area contributed by atoms with E-state index in [4.69, 9.17) is 17.5 Å². The standard InChI is InChI=1S/C20H17F5N4OS/c1-27-16(30)4-2-3-11-5-7-13(9-14(11)21)28-19(31)29-15-8-6-12(10-26)17(18(15)22)20(23,24)25/h5-9H,2-4H2,1H3,(H,27,30)(H2,28,29,31). The van der Waals surface area contributed by atoms with Crippen molar-refractivity contribution in [3.05, 3.63) is 58.7 Å². The zero-order valence-electron chi connectivity index (χ0n) is 16.2. The number of thiocarbonyl (C=S) groups is 1. The van der Waals surface area contributed by atoms with Crippen LogP contribution in [0.2, 0.25) is 0 Å². The molecule has 0 spiro atoms. The lowest BCUT2D eigenvalue weighted by molar-refractivity contribution is -0.140. The molecule has 11 heteroatoms. The quantitative estimate of drug-likeness (QED) is 0.433. The second kappa shape index (κ2) is 10.2. The Balaban J connectivity index is 2.09. The van der Waals surface area contributed by atoms with Crippen LogP contribution in [0.4, 0.5) is 33.3 Å². The number of nitrogens with one attached hydrogen (secondary N) is 3. The molecule has 0 aliphatic carbocycles. The van der Waals surface area contributed by atoms with E-state index in [1.807, 2.05) is 0 Å². The molecular formula is C20H17F5N4OS. The van der Waals surface area contributed by atoms with Gasteiger partial charge in [-0.25, -0.2) is 8.78 Å². The molecule has 0 aliphatic rings. The monoisotopic (exact) mass is 456 g/mol. The first-order valence-corrected chi connectivity index (χ1v) is 9.34. The Morgan fingerprint density at radius 1 is 1.16 bits per heavy atom. The molecule has 31 heavy (non-hydrogen) atoms.